The van der Waals surface area contributed by atoms with E-state index in [1.165, 1.54) is 0 Å². The molecule has 1 amide bonds. The van der Waals surface area contributed by atoms with Crippen LogP contribution in [-0.4, -0.2) is 55.2 Å². The Morgan fingerprint density at radius 2 is 2.12 bits per heavy atom. The summed E-state index contributed by atoms with van der Waals surface area (Å²) in [5.74, 6) is 0.305. The second-order valence-corrected chi connectivity index (χ2v) is 6.09. The highest BCUT2D eigenvalue weighted by Gasteiger charge is 2.10. The van der Waals surface area contributed by atoms with Gasteiger partial charge in [-0.05, 0) is 24.3 Å². The lowest BCUT2D eigenvalue weighted by molar-refractivity contribution is 0.0320. The number of rotatable bonds is 6. The van der Waals surface area contributed by atoms with Gasteiger partial charge in [0.1, 0.15) is 6.61 Å². The molecule has 0 unspecified atom stereocenters. The molecule has 1 saturated heterocycles. The number of nitrogens with one attached hydrogen (secondary N) is 1. The minimum Gasteiger partial charge on any atom is -0.476 e. The molecule has 1 aromatic heterocycles. The number of anilines is 1. The van der Waals surface area contributed by atoms with Gasteiger partial charge in [-0.2, -0.15) is 0 Å². The predicted octanol–water partition coefficient (Wildman–Crippen LogP) is 2.70. The number of benzene rings is 1. The lowest BCUT2D eigenvalue weighted by atomic mass is 10.2. The van der Waals surface area contributed by atoms with Gasteiger partial charge in [0, 0.05) is 36.3 Å². The summed E-state index contributed by atoms with van der Waals surface area (Å²) in [5, 5.41) is 3.31. The molecule has 2 aromatic rings. The maximum Gasteiger partial charge on any atom is 0.255 e. The van der Waals surface area contributed by atoms with Crippen molar-refractivity contribution >= 4 is 23.2 Å². The van der Waals surface area contributed by atoms with Crippen LogP contribution in [0.3, 0.4) is 0 Å². The first-order chi connectivity index (χ1) is 12.2. The van der Waals surface area contributed by atoms with E-state index < -0.39 is 0 Å². The van der Waals surface area contributed by atoms with Gasteiger partial charge in [-0.1, -0.05) is 17.7 Å². The van der Waals surface area contributed by atoms with Crippen LogP contribution in [0.15, 0.2) is 42.6 Å². The molecule has 7 heteroatoms. The van der Waals surface area contributed by atoms with Crippen LogP contribution in [0.2, 0.25) is 5.02 Å². The summed E-state index contributed by atoms with van der Waals surface area (Å²) in [6.07, 6.45) is 1.58. The fraction of sp³-hybridized carbons (Fsp3) is 0.333. The lowest BCUT2D eigenvalue weighted by Crippen LogP contribution is -2.38. The van der Waals surface area contributed by atoms with Gasteiger partial charge in [0.15, 0.2) is 0 Å². The molecule has 25 heavy (non-hydrogen) atoms. The Balaban J connectivity index is 1.47. The Hall–Kier alpha value is -2.15. The minimum absolute atomic E-state index is 0.231. The van der Waals surface area contributed by atoms with Crippen molar-refractivity contribution in [1.82, 2.24) is 9.88 Å². The quantitative estimate of drug-likeness (QED) is 0.857. The molecule has 3 rings (SSSR count). The number of ether oxygens (including phenoxy) is 2. The first-order valence-electron chi connectivity index (χ1n) is 8.16. The Kier molecular flexibility index (Phi) is 6.22. The number of morpholine rings is 1. The van der Waals surface area contributed by atoms with Crippen molar-refractivity contribution in [3.8, 4) is 5.88 Å². The molecule has 6 nitrogen and oxygen atoms in total. The number of nitrogens with zero attached hydrogens (tertiary/aromatic N) is 2. The van der Waals surface area contributed by atoms with E-state index in [1.54, 1.807) is 42.6 Å². The molecule has 1 N–H and O–H groups in total. The van der Waals surface area contributed by atoms with Gasteiger partial charge in [0.05, 0.1) is 25.1 Å². The average Bonchev–Trinajstić information content (AvgIpc) is 2.64. The second kappa shape index (κ2) is 8.80. The van der Waals surface area contributed by atoms with Crippen LogP contribution >= 0.6 is 11.6 Å². The summed E-state index contributed by atoms with van der Waals surface area (Å²) < 4.78 is 11.0. The Bertz CT molecular complexity index is 703. The Labute approximate surface area is 151 Å². The van der Waals surface area contributed by atoms with Gasteiger partial charge in [-0.15, -0.1) is 0 Å². The number of hydrogen-bond acceptors (Lipinski definition) is 5. The molecule has 2 heterocycles. The van der Waals surface area contributed by atoms with Crippen molar-refractivity contribution in [1.29, 1.82) is 0 Å². The molecule has 0 aliphatic carbocycles. The van der Waals surface area contributed by atoms with Gasteiger partial charge in [-0.3, -0.25) is 9.69 Å². The smallest absolute Gasteiger partial charge is 0.255 e. The van der Waals surface area contributed by atoms with Crippen molar-refractivity contribution in [3.05, 3.63) is 53.2 Å². The van der Waals surface area contributed by atoms with Gasteiger partial charge in [0.25, 0.3) is 5.91 Å². The van der Waals surface area contributed by atoms with E-state index >= 15 is 0 Å². The topological polar surface area (TPSA) is 63.7 Å². The van der Waals surface area contributed by atoms with Crippen molar-refractivity contribution < 1.29 is 14.3 Å². The molecule has 0 atom stereocenters. The molecule has 1 aliphatic heterocycles. The van der Waals surface area contributed by atoms with E-state index in [-0.39, 0.29) is 5.91 Å². The van der Waals surface area contributed by atoms with Crippen LogP contribution in [-0.2, 0) is 4.74 Å². The van der Waals surface area contributed by atoms with Crippen LogP contribution in [0.25, 0.3) is 0 Å². The number of carbonyl (C=O) groups excluding carboxylic acids is 1. The SMILES string of the molecule is O=C(Nc1ccc(OCCN2CCOCC2)nc1)c1cccc(Cl)c1. The number of aromatic nitrogens is 1. The fourth-order valence-corrected chi connectivity index (χ4v) is 2.67. The molecule has 1 aliphatic rings. The molecule has 132 valence electrons. The number of pyridine rings is 1. The summed E-state index contributed by atoms with van der Waals surface area (Å²) in [6.45, 7) is 4.84. The predicted molar refractivity (Wildman–Crippen MR) is 96.4 cm³/mol. The number of amides is 1. The fourth-order valence-electron chi connectivity index (χ4n) is 2.48. The zero-order valence-electron chi connectivity index (χ0n) is 13.8. The highest BCUT2D eigenvalue weighted by Crippen LogP contribution is 2.15. The lowest BCUT2D eigenvalue weighted by Gasteiger charge is -2.26. The number of carbonyl (C=O) groups is 1. The van der Waals surface area contributed by atoms with Gasteiger partial charge in [-0.25, -0.2) is 4.98 Å². The summed E-state index contributed by atoms with van der Waals surface area (Å²) in [4.78, 5) is 18.7. The number of halogens is 1. The van der Waals surface area contributed by atoms with E-state index in [0.717, 1.165) is 32.8 Å². The maximum absolute atomic E-state index is 12.2. The van der Waals surface area contributed by atoms with Crippen LogP contribution in [0.1, 0.15) is 10.4 Å². The summed E-state index contributed by atoms with van der Waals surface area (Å²) in [5.41, 5.74) is 1.10. The van der Waals surface area contributed by atoms with Crippen molar-refractivity contribution in [2.75, 3.05) is 44.8 Å². The normalized spacial score (nSPS) is 14.9. The van der Waals surface area contributed by atoms with Crippen LogP contribution in [0.4, 0.5) is 5.69 Å². The van der Waals surface area contributed by atoms with Gasteiger partial charge in [0.2, 0.25) is 5.88 Å². The maximum atomic E-state index is 12.2. The molecule has 0 spiro atoms. The molecule has 1 aromatic carbocycles. The standard InChI is InChI=1S/C18H20ClN3O3/c19-15-3-1-2-14(12-15)18(23)21-16-4-5-17(20-13-16)25-11-8-22-6-9-24-10-7-22/h1-5,12-13H,6-11H2,(H,21,23). The van der Waals surface area contributed by atoms with Gasteiger partial charge < -0.3 is 14.8 Å². The second-order valence-electron chi connectivity index (χ2n) is 5.65. The third-order valence-corrected chi connectivity index (χ3v) is 4.08. The average molecular weight is 362 g/mol. The van der Waals surface area contributed by atoms with Crippen LogP contribution in [0, 0.1) is 0 Å². The van der Waals surface area contributed by atoms with Crippen molar-refractivity contribution in [2.45, 2.75) is 0 Å². The van der Waals surface area contributed by atoms with E-state index in [9.17, 15) is 4.79 Å². The minimum atomic E-state index is -0.231. The van der Waals surface area contributed by atoms with Crippen molar-refractivity contribution in [3.63, 3.8) is 0 Å². The summed E-state index contributed by atoms with van der Waals surface area (Å²) in [7, 11) is 0. The first-order valence-corrected chi connectivity index (χ1v) is 8.54. The largest absolute Gasteiger partial charge is 0.476 e. The number of hydrogen-bond donors (Lipinski definition) is 1. The molecular weight excluding hydrogens is 342 g/mol. The highest BCUT2D eigenvalue weighted by molar-refractivity contribution is 6.31. The molecule has 0 saturated carbocycles. The zero-order chi connectivity index (χ0) is 17.5. The Morgan fingerprint density at radius 3 is 2.84 bits per heavy atom. The van der Waals surface area contributed by atoms with Crippen LogP contribution in [0.5, 0.6) is 5.88 Å². The first kappa shape index (κ1) is 17.7. The zero-order valence-corrected chi connectivity index (χ0v) is 14.5. The van der Waals surface area contributed by atoms with E-state index in [4.69, 9.17) is 21.1 Å². The van der Waals surface area contributed by atoms with Gasteiger partial charge >= 0.3 is 0 Å². The van der Waals surface area contributed by atoms with E-state index in [1.807, 2.05) is 0 Å². The Morgan fingerprint density at radius 1 is 1.28 bits per heavy atom. The highest BCUT2D eigenvalue weighted by atomic mass is 35.5. The molecule has 0 bridgehead atoms. The van der Waals surface area contributed by atoms with Crippen LogP contribution < -0.4 is 10.1 Å². The third-order valence-electron chi connectivity index (χ3n) is 3.84. The monoisotopic (exact) mass is 361 g/mol. The van der Waals surface area contributed by atoms with Crippen molar-refractivity contribution in [2.24, 2.45) is 0 Å². The summed E-state index contributed by atoms with van der Waals surface area (Å²) in [6, 6.07) is 10.3. The molecular formula is C18H20ClN3O3. The molecule has 1 fully saturated rings. The third kappa shape index (κ3) is 5.42. The molecule has 0 radical (unpaired) electrons. The van der Waals surface area contributed by atoms with E-state index in [0.29, 0.717) is 28.8 Å². The van der Waals surface area contributed by atoms with E-state index in [2.05, 4.69) is 15.2 Å². The summed E-state index contributed by atoms with van der Waals surface area (Å²) >= 11 is 5.90.